The van der Waals surface area contributed by atoms with E-state index in [1.807, 2.05) is 0 Å². The van der Waals surface area contributed by atoms with Gasteiger partial charge in [0.1, 0.15) is 0 Å². The maximum Gasteiger partial charge on any atom is 0.0697 e. The summed E-state index contributed by atoms with van der Waals surface area (Å²) in [6.45, 7) is 10.2. The third kappa shape index (κ3) is 4.44. The molecule has 1 aliphatic heterocycles. The molecule has 2 aliphatic rings. The Morgan fingerprint density at radius 3 is 2.63 bits per heavy atom. The summed E-state index contributed by atoms with van der Waals surface area (Å²) in [5.41, 5.74) is 0.259. The molecule has 0 amide bonds. The van der Waals surface area contributed by atoms with Crippen LogP contribution in [0.2, 0.25) is 0 Å². The van der Waals surface area contributed by atoms with E-state index in [9.17, 15) is 0 Å². The Morgan fingerprint density at radius 2 is 1.95 bits per heavy atom. The Kier molecular flexibility index (Phi) is 6.11. The zero-order valence-corrected chi connectivity index (χ0v) is 12.9. The topological polar surface area (TPSA) is 24.5 Å². The summed E-state index contributed by atoms with van der Waals surface area (Å²) in [6.07, 6.45) is 9.05. The maximum atomic E-state index is 6.09. The second-order valence-electron chi connectivity index (χ2n) is 6.26. The zero-order chi connectivity index (χ0) is 13.6. The van der Waals surface area contributed by atoms with Gasteiger partial charge in [0, 0.05) is 12.6 Å². The first kappa shape index (κ1) is 15.3. The highest BCUT2D eigenvalue weighted by Gasteiger charge is 2.39. The molecule has 112 valence electrons. The smallest absolute Gasteiger partial charge is 0.0697 e. The van der Waals surface area contributed by atoms with E-state index in [1.165, 1.54) is 64.6 Å². The summed E-state index contributed by atoms with van der Waals surface area (Å²) in [5.74, 6) is 0. The van der Waals surface area contributed by atoms with Gasteiger partial charge in [0.05, 0.1) is 5.60 Å². The van der Waals surface area contributed by atoms with Crippen molar-refractivity contribution in [3.63, 3.8) is 0 Å². The third-order valence-corrected chi connectivity index (χ3v) is 4.99. The maximum absolute atomic E-state index is 6.09. The van der Waals surface area contributed by atoms with E-state index in [2.05, 4.69) is 24.1 Å². The Labute approximate surface area is 119 Å². The molecule has 1 heterocycles. The summed E-state index contributed by atoms with van der Waals surface area (Å²) in [6, 6.07) is 0.698. The summed E-state index contributed by atoms with van der Waals surface area (Å²) in [4.78, 5) is 2.50. The molecule has 0 aromatic rings. The minimum absolute atomic E-state index is 0.259. The molecule has 2 rings (SSSR count). The standard InChI is InChI=1S/C16H32N2O/c1-3-18(4-2)12-7-11-17-15-8-13-19-16(14-15)9-5-6-10-16/h15,17H,3-14H2,1-2H3. The minimum atomic E-state index is 0.259. The fraction of sp³-hybridized carbons (Fsp3) is 1.00. The van der Waals surface area contributed by atoms with Gasteiger partial charge < -0.3 is 15.0 Å². The Bertz CT molecular complexity index is 247. The van der Waals surface area contributed by atoms with Crippen LogP contribution >= 0.6 is 0 Å². The number of hydrogen-bond donors (Lipinski definition) is 1. The predicted molar refractivity (Wildman–Crippen MR) is 80.6 cm³/mol. The van der Waals surface area contributed by atoms with Crippen molar-refractivity contribution in [3.05, 3.63) is 0 Å². The summed E-state index contributed by atoms with van der Waals surface area (Å²) in [7, 11) is 0. The number of hydrogen-bond acceptors (Lipinski definition) is 3. The van der Waals surface area contributed by atoms with Gasteiger partial charge in [-0.1, -0.05) is 26.7 Å². The van der Waals surface area contributed by atoms with Gasteiger partial charge in [-0.3, -0.25) is 0 Å². The monoisotopic (exact) mass is 268 g/mol. The Hall–Kier alpha value is -0.120. The first-order valence-corrected chi connectivity index (χ1v) is 8.38. The van der Waals surface area contributed by atoms with Gasteiger partial charge in [-0.2, -0.15) is 0 Å². The largest absolute Gasteiger partial charge is 0.375 e. The highest BCUT2D eigenvalue weighted by Crippen LogP contribution is 2.39. The van der Waals surface area contributed by atoms with Crippen molar-refractivity contribution >= 4 is 0 Å². The van der Waals surface area contributed by atoms with Gasteiger partial charge in [-0.15, -0.1) is 0 Å². The molecule has 2 fully saturated rings. The van der Waals surface area contributed by atoms with Gasteiger partial charge in [0.15, 0.2) is 0 Å². The van der Waals surface area contributed by atoms with Crippen molar-refractivity contribution in [2.45, 2.75) is 70.4 Å². The zero-order valence-electron chi connectivity index (χ0n) is 12.9. The second kappa shape index (κ2) is 7.61. The van der Waals surface area contributed by atoms with Gasteiger partial charge in [0.2, 0.25) is 0 Å². The number of nitrogens with zero attached hydrogens (tertiary/aromatic N) is 1. The average molecular weight is 268 g/mol. The van der Waals surface area contributed by atoms with Gasteiger partial charge >= 0.3 is 0 Å². The Morgan fingerprint density at radius 1 is 1.21 bits per heavy atom. The number of nitrogens with one attached hydrogen (secondary N) is 1. The molecule has 1 saturated heterocycles. The van der Waals surface area contributed by atoms with Crippen LogP contribution in [0.25, 0.3) is 0 Å². The lowest BCUT2D eigenvalue weighted by molar-refractivity contribution is -0.0835. The van der Waals surface area contributed by atoms with E-state index in [0.29, 0.717) is 6.04 Å². The van der Waals surface area contributed by atoms with Crippen LogP contribution in [0.1, 0.15) is 58.8 Å². The van der Waals surface area contributed by atoms with Gasteiger partial charge in [0.25, 0.3) is 0 Å². The minimum Gasteiger partial charge on any atom is -0.375 e. The summed E-state index contributed by atoms with van der Waals surface area (Å²) >= 11 is 0. The lowest BCUT2D eigenvalue weighted by Crippen LogP contribution is -2.46. The molecule has 0 aromatic carbocycles. The fourth-order valence-corrected chi connectivity index (χ4v) is 3.72. The van der Waals surface area contributed by atoms with Crippen LogP contribution in [0.4, 0.5) is 0 Å². The van der Waals surface area contributed by atoms with Gasteiger partial charge in [-0.05, 0) is 58.3 Å². The SMILES string of the molecule is CCN(CC)CCCNC1CCOC2(CCCC2)C1. The van der Waals surface area contributed by atoms with Crippen molar-refractivity contribution < 1.29 is 4.74 Å². The molecule has 1 atom stereocenters. The highest BCUT2D eigenvalue weighted by atomic mass is 16.5. The molecule has 0 radical (unpaired) electrons. The normalized spacial score (nSPS) is 26.4. The van der Waals surface area contributed by atoms with E-state index in [0.717, 1.165) is 13.2 Å². The Balaban J connectivity index is 1.63. The van der Waals surface area contributed by atoms with Crippen molar-refractivity contribution in [1.82, 2.24) is 10.2 Å². The van der Waals surface area contributed by atoms with E-state index in [-0.39, 0.29) is 5.60 Å². The predicted octanol–water partition coefficient (Wildman–Crippen LogP) is 2.80. The molecular weight excluding hydrogens is 236 g/mol. The third-order valence-electron chi connectivity index (χ3n) is 4.99. The molecular formula is C16H32N2O. The van der Waals surface area contributed by atoms with E-state index in [1.54, 1.807) is 0 Å². The van der Waals surface area contributed by atoms with Crippen LogP contribution in [-0.4, -0.2) is 49.3 Å². The van der Waals surface area contributed by atoms with Crippen LogP contribution in [0.15, 0.2) is 0 Å². The second-order valence-corrected chi connectivity index (χ2v) is 6.26. The van der Waals surface area contributed by atoms with Crippen LogP contribution in [-0.2, 0) is 4.74 Å². The van der Waals surface area contributed by atoms with Gasteiger partial charge in [-0.25, -0.2) is 0 Å². The molecule has 1 aliphatic carbocycles. The fourth-order valence-electron chi connectivity index (χ4n) is 3.72. The van der Waals surface area contributed by atoms with Crippen molar-refractivity contribution in [2.24, 2.45) is 0 Å². The average Bonchev–Trinajstić information content (AvgIpc) is 2.87. The molecule has 1 spiro atoms. The molecule has 3 nitrogen and oxygen atoms in total. The summed E-state index contributed by atoms with van der Waals surface area (Å²) < 4.78 is 6.09. The van der Waals surface area contributed by atoms with Crippen LogP contribution in [0.5, 0.6) is 0 Å². The van der Waals surface area contributed by atoms with Crippen molar-refractivity contribution in [2.75, 3.05) is 32.8 Å². The van der Waals surface area contributed by atoms with Crippen LogP contribution in [0, 0.1) is 0 Å². The molecule has 19 heavy (non-hydrogen) atoms. The first-order chi connectivity index (χ1) is 9.28. The highest BCUT2D eigenvalue weighted by molar-refractivity contribution is 4.93. The van der Waals surface area contributed by atoms with Crippen molar-refractivity contribution in [1.29, 1.82) is 0 Å². The van der Waals surface area contributed by atoms with E-state index >= 15 is 0 Å². The number of ether oxygens (including phenoxy) is 1. The first-order valence-electron chi connectivity index (χ1n) is 8.38. The van der Waals surface area contributed by atoms with E-state index < -0.39 is 0 Å². The molecule has 0 bridgehead atoms. The lowest BCUT2D eigenvalue weighted by Gasteiger charge is -2.38. The van der Waals surface area contributed by atoms with Crippen LogP contribution in [0.3, 0.4) is 0 Å². The van der Waals surface area contributed by atoms with Crippen molar-refractivity contribution in [3.8, 4) is 0 Å². The molecule has 1 N–H and O–H groups in total. The molecule has 3 heteroatoms. The van der Waals surface area contributed by atoms with Crippen LogP contribution < -0.4 is 5.32 Å². The molecule has 1 saturated carbocycles. The quantitative estimate of drug-likeness (QED) is 0.719. The lowest BCUT2D eigenvalue weighted by atomic mass is 9.89. The number of rotatable bonds is 7. The molecule has 1 unspecified atom stereocenters. The van der Waals surface area contributed by atoms with E-state index in [4.69, 9.17) is 4.74 Å². The summed E-state index contributed by atoms with van der Waals surface area (Å²) in [5, 5.41) is 3.77. The molecule has 0 aromatic heterocycles.